The summed E-state index contributed by atoms with van der Waals surface area (Å²) in [5.74, 6) is 0.732. The number of fused-ring (bicyclic) bond motifs is 1. The molecule has 0 atom stereocenters. The van der Waals surface area contributed by atoms with Gasteiger partial charge in [-0.15, -0.1) is 11.3 Å². The van der Waals surface area contributed by atoms with Crippen molar-refractivity contribution in [3.63, 3.8) is 0 Å². The molecule has 5 nitrogen and oxygen atoms in total. The lowest BCUT2D eigenvalue weighted by Gasteiger charge is -2.12. The number of rotatable bonds is 5. The van der Waals surface area contributed by atoms with Crippen molar-refractivity contribution in [2.45, 2.75) is 47.0 Å². The van der Waals surface area contributed by atoms with Crippen LogP contribution in [0, 0.1) is 6.92 Å². The third kappa shape index (κ3) is 3.29. The van der Waals surface area contributed by atoms with Gasteiger partial charge in [-0.2, -0.15) is 0 Å². The van der Waals surface area contributed by atoms with Gasteiger partial charge in [0.25, 0.3) is 0 Å². The number of aryl methyl sites for hydroxylation is 3. The van der Waals surface area contributed by atoms with Crippen molar-refractivity contribution < 1.29 is 13.9 Å². The minimum absolute atomic E-state index is 0.0967. The normalized spacial score (nSPS) is 11.1. The molecule has 0 saturated carbocycles. The van der Waals surface area contributed by atoms with Gasteiger partial charge in [-0.3, -0.25) is 9.59 Å². The van der Waals surface area contributed by atoms with Gasteiger partial charge in [0.1, 0.15) is 22.1 Å². The molecule has 1 aromatic carbocycles. The van der Waals surface area contributed by atoms with Crippen LogP contribution in [0.15, 0.2) is 26.7 Å². The van der Waals surface area contributed by atoms with Gasteiger partial charge in [-0.25, -0.2) is 4.98 Å². The quantitative estimate of drug-likeness (QED) is 0.482. The molecule has 0 amide bonds. The number of carbonyl (C=O) groups excluding carboxylic acids is 1. The molecule has 0 saturated heterocycles. The second kappa shape index (κ2) is 7.41. The van der Waals surface area contributed by atoms with E-state index in [9.17, 15) is 9.59 Å². The van der Waals surface area contributed by atoms with Crippen molar-refractivity contribution in [1.82, 2.24) is 4.98 Å². The van der Waals surface area contributed by atoms with Crippen LogP contribution in [0.2, 0.25) is 0 Å². The van der Waals surface area contributed by atoms with Gasteiger partial charge in [0, 0.05) is 30.0 Å². The Morgan fingerprint density at radius 1 is 1.23 bits per heavy atom. The van der Waals surface area contributed by atoms with E-state index in [1.54, 1.807) is 19.1 Å². The molecule has 0 aliphatic heterocycles. The number of benzene rings is 1. The fourth-order valence-corrected chi connectivity index (χ4v) is 3.67. The van der Waals surface area contributed by atoms with Crippen LogP contribution in [0.1, 0.15) is 44.2 Å². The lowest BCUT2D eigenvalue weighted by atomic mass is 10.0. The summed E-state index contributed by atoms with van der Waals surface area (Å²) in [5.41, 5.74) is 2.54. The van der Waals surface area contributed by atoms with Gasteiger partial charge < -0.3 is 9.15 Å². The van der Waals surface area contributed by atoms with E-state index in [0.717, 1.165) is 11.3 Å². The number of thiazole rings is 1. The van der Waals surface area contributed by atoms with Gasteiger partial charge in [0.05, 0.1) is 10.9 Å². The highest BCUT2D eigenvalue weighted by Crippen LogP contribution is 2.31. The molecule has 2 heterocycles. The van der Waals surface area contributed by atoms with E-state index in [0.29, 0.717) is 45.9 Å². The minimum Gasteiger partial charge on any atom is -0.460 e. The monoisotopic (exact) mass is 371 g/mol. The maximum absolute atomic E-state index is 13.2. The highest BCUT2D eigenvalue weighted by Gasteiger charge is 2.20. The van der Waals surface area contributed by atoms with E-state index < -0.39 is 0 Å². The molecule has 0 aliphatic rings. The van der Waals surface area contributed by atoms with Crippen molar-refractivity contribution >= 4 is 28.3 Å². The Morgan fingerprint density at radius 3 is 2.58 bits per heavy atom. The third-order valence-corrected chi connectivity index (χ3v) is 5.17. The maximum Gasteiger partial charge on any atom is 0.310 e. The molecule has 0 aliphatic carbocycles. The first-order chi connectivity index (χ1) is 12.5. The molecule has 0 unspecified atom stereocenters. The average Bonchev–Trinajstić information content (AvgIpc) is 3.06. The molecule has 136 valence electrons. The van der Waals surface area contributed by atoms with Crippen molar-refractivity contribution in [1.29, 1.82) is 0 Å². The summed E-state index contributed by atoms with van der Waals surface area (Å²) in [4.78, 5) is 29.3. The lowest BCUT2D eigenvalue weighted by molar-refractivity contribution is -0.134. The van der Waals surface area contributed by atoms with Gasteiger partial charge in [-0.1, -0.05) is 20.8 Å². The third-order valence-electron chi connectivity index (χ3n) is 4.19. The van der Waals surface area contributed by atoms with Crippen LogP contribution in [0.4, 0.5) is 0 Å². The lowest BCUT2D eigenvalue weighted by Crippen LogP contribution is -2.11. The smallest absolute Gasteiger partial charge is 0.310 e. The zero-order chi connectivity index (χ0) is 18.8. The number of ether oxygens (including phenoxy) is 1. The SMILES string of the molecule is CCC(=O)Oc1cc2oc(CC)c(-c3nc(C)cs3)c(=O)c2cc1CC. The first-order valence-electron chi connectivity index (χ1n) is 8.74. The summed E-state index contributed by atoms with van der Waals surface area (Å²) in [6.45, 7) is 7.54. The summed E-state index contributed by atoms with van der Waals surface area (Å²) in [6.07, 6.45) is 1.50. The standard InChI is InChI=1S/C20H21NO4S/c1-5-12-8-13-16(9-15(12)25-17(22)7-3)24-14(6-2)18(19(13)23)20-21-11(4)10-26-20/h8-10H,5-7H2,1-4H3. The highest BCUT2D eigenvalue weighted by atomic mass is 32.1. The van der Waals surface area contributed by atoms with E-state index in [4.69, 9.17) is 9.15 Å². The van der Waals surface area contributed by atoms with Gasteiger partial charge in [0.15, 0.2) is 0 Å². The van der Waals surface area contributed by atoms with Gasteiger partial charge in [0.2, 0.25) is 5.43 Å². The first-order valence-corrected chi connectivity index (χ1v) is 9.62. The van der Waals surface area contributed by atoms with Gasteiger partial charge >= 0.3 is 5.97 Å². The van der Waals surface area contributed by atoms with Crippen molar-refractivity contribution in [3.8, 4) is 16.3 Å². The Hall–Kier alpha value is -2.47. The predicted molar refractivity (Wildman–Crippen MR) is 103 cm³/mol. The highest BCUT2D eigenvalue weighted by molar-refractivity contribution is 7.13. The number of hydrogen-bond acceptors (Lipinski definition) is 6. The van der Waals surface area contributed by atoms with Crippen LogP contribution >= 0.6 is 11.3 Å². The number of esters is 1. The summed E-state index contributed by atoms with van der Waals surface area (Å²) in [6, 6.07) is 3.42. The van der Waals surface area contributed by atoms with Crippen LogP contribution in [0.25, 0.3) is 21.5 Å². The zero-order valence-corrected chi connectivity index (χ0v) is 16.2. The largest absolute Gasteiger partial charge is 0.460 e. The molecule has 0 N–H and O–H groups in total. The molecular formula is C20H21NO4S. The van der Waals surface area contributed by atoms with Crippen LogP contribution in [-0.2, 0) is 17.6 Å². The fourth-order valence-electron chi connectivity index (χ4n) is 2.81. The molecule has 0 spiro atoms. The second-order valence-electron chi connectivity index (χ2n) is 6.01. The van der Waals surface area contributed by atoms with Crippen molar-refractivity contribution in [2.24, 2.45) is 0 Å². The Morgan fingerprint density at radius 2 is 2.00 bits per heavy atom. The maximum atomic E-state index is 13.2. The fraction of sp³-hybridized carbons (Fsp3) is 0.350. The Labute approximate surface area is 155 Å². The number of carbonyl (C=O) groups is 1. The number of hydrogen-bond donors (Lipinski definition) is 0. The van der Waals surface area contributed by atoms with E-state index in [-0.39, 0.29) is 17.8 Å². The Balaban J connectivity index is 2.27. The van der Waals surface area contributed by atoms with E-state index in [2.05, 4.69) is 4.98 Å². The molecule has 3 aromatic rings. The van der Waals surface area contributed by atoms with Crippen LogP contribution < -0.4 is 10.2 Å². The molecule has 3 rings (SSSR count). The number of aromatic nitrogens is 1. The molecule has 0 fully saturated rings. The zero-order valence-electron chi connectivity index (χ0n) is 15.3. The Bertz CT molecular complexity index is 1030. The molecule has 0 bridgehead atoms. The molecule has 26 heavy (non-hydrogen) atoms. The summed E-state index contributed by atoms with van der Waals surface area (Å²) in [7, 11) is 0. The Kier molecular flexibility index (Phi) is 5.23. The van der Waals surface area contributed by atoms with Gasteiger partial charge in [-0.05, 0) is 25.0 Å². The topological polar surface area (TPSA) is 69.4 Å². The first kappa shape index (κ1) is 18.3. The predicted octanol–water partition coefficient (Wildman–Crippen LogP) is 4.67. The molecule has 6 heteroatoms. The molecule has 0 radical (unpaired) electrons. The van der Waals surface area contributed by atoms with Crippen molar-refractivity contribution in [3.05, 3.63) is 44.8 Å². The summed E-state index contributed by atoms with van der Waals surface area (Å²) >= 11 is 1.44. The van der Waals surface area contributed by atoms with E-state index >= 15 is 0 Å². The summed E-state index contributed by atoms with van der Waals surface area (Å²) < 4.78 is 11.4. The van der Waals surface area contributed by atoms with Crippen LogP contribution in [0.5, 0.6) is 5.75 Å². The number of nitrogens with zero attached hydrogens (tertiary/aromatic N) is 1. The molecular weight excluding hydrogens is 350 g/mol. The average molecular weight is 371 g/mol. The molecule has 2 aromatic heterocycles. The van der Waals surface area contributed by atoms with E-state index in [1.807, 2.05) is 26.2 Å². The minimum atomic E-state index is -0.313. The van der Waals surface area contributed by atoms with E-state index in [1.165, 1.54) is 11.3 Å². The van der Waals surface area contributed by atoms with Crippen molar-refractivity contribution in [2.75, 3.05) is 0 Å². The van der Waals surface area contributed by atoms with Crippen LogP contribution in [0.3, 0.4) is 0 Å². The van der Waals surface area contributed by atoms with Crippen LogP contribution in [-0.4, -0.2) is 11.0 Å². The summed E-state index contributed by atoms with van der Waals surface area (Å²) in [5, 5.41) is 3.08. The second-order valence-corrected chi connectivity index (χ2v) is 6.87.